The number of hydrazone groups is 1. The number of ether oxygens (including phenoxy) is 1. The number of hydrogen-bond donors (Lipinski definition) is 2. The van der Waals surface area contributed by atoms with Gasteiger partial charge in [0.25, 0.3) is 0 Å². The molecule has 0 spiro atoms. The van der Waals surface area contributed by atoms with Crippen molar-refractivity contribution < 1.29 is 9.53 Å². The fourth-order valence-corrected chi connectivity index (χ4v) is 2.43. The average Bonchev–Trinajstić information content (AvgIpc) is 2.61. The van der Waals surface area contributed by atoms with Gasteiger partial charge in [0.1, 0.15) is 12.4 Å². The van der Waals surface area contributed by atoms with Gasteiger partial charge in [0.2, 0.25) is 0 Å². The number of fused-ring (bicyclic) bond motifs is 1. The molecule has 24 heavy (non-hydrogen) atoms. The van der Waals surface area contributed by atoms with Gasteiger partial charge in [0.15, 0.2) is 0 Å². The van der Waals surface area contributed by atoms with E-state index in [2.05, 4.69) is 10.5 Å². The van der Waals surface area contributed by atoms with Crippen LogP contribution in [0.2, 0.25) is 0 Å². The maximum absolute atomic E-state index is 10.8. The summed E-state index contributed by atoms with van der Waals surface area (Å²) in [6.45, 7) is 0.448. The summed E-state index contributed by atoms with van der Waals surface area (Å²) in [5.41, 5.74) is 9.12. The number of nitrogens with zero attached hydrogens (tertiary/aromatic N) is 1. The molecular weight excluding hydrogens is 302 g/mol. The van der Waals surface area contributed by atoms with Gasteiger partial charge >= 0.3 is 6.03 Å². The molecule has 5 nitrogen and oxygen atoms in total. The number of primary amides is 1. The van der Waals surface area contributed by atoms with Crippen LogP contribution in [-0.4, -0.2) is 12.2 Å². The molecule has 0 fully saturated rings. The summed E-state index contributed by atoms with van der Waals surface area (Å²) in [4.78, 5) is 10.8. The highest BCUT2D eigenvalue weighted by atomic mass is 16.5. The van der Waals surface area contributed by atoms with Gasteiger partial charge in [-0.2, -0.15) is 5.10 Å². The lowest BCUT2D eigenvalue weighted by atomic mass is 10.0. The van der Waals surface area contributed by atoms with Crippen LogP contribution in [-0.2, 0) is 6.61 Å². The lowest BCUT2D eigenvalue weighted by molar-refractivity contribution is 0.249. The zero-order chi connectivity index (χ0) is 16.8. The van der Waals surface area contributed by atoms with Gasteiger partial charge in [0, 0.05) is 5.56 Å². The Kier molecular flexibility index (Phi) is 4.72. The second-order valence-corrected chi connectivity index (χ2v) is 5.21. The van der Waals surface area contributed by atoms with Crippen molar-refractivity contribution in [3.05, 3.63) is 77.9 Å². The minimum Gasteiger partial charge on any atom is -0.488 e. The standard InChI is InChI=1S/C19H17N3O2/c20-19(23)22-21-12-17-16-9-5-4-8-15(16)10-11-18(17)24-13-14-6-2-1-3-7-14/h1-12H,13H2,(H3,20,22,23)/b21-12+. The monoisotopic (exact) mass is 319 g/mol. The molecule has 0 saturated heterocycles. The minimum absolute atomic E-state index is 0.448. The summed E-state index contributed by atoms with van der Waals surface area (Å²) < 4.78 is 5.95. The van der Waals surface area contributed by atoms with Gasteiger partial charge in [-0.25, -0.2) is 10.2 Å². The number of rotatable bonds is 5. The van der Waals surface area contributed by atoms with Gasteiger partial charge in [-0.15, -0.1) is 0 Å². The predicted octanol–water partition coefficient (Wildman–Crippen LogP) is 3.42. The van der Waals surface area contributed by atoms with E-state index < -0.39 is 6.03 Å². The summed E-state index contributed by atoms with van der Waals surface area (Å²) in [5.74, 6) is 0.688. The Labute approximate surface area is 139 Å². The quantitative estimate of drug-likeness (QED) is 0.558. The number of carbonyl (C=O) groups excluding carboxylic acids is 1. The minimum atomic E-state index is -0.710. The van der Waals surface area contributed by atoms with E-state index in [1.54, 1.807) is 6.21 Å². The van der Waals surface area contributed by atoms with Crippen molar-refractivity contribution in [3.8, 4) is 5.75 Å². The summed E-state index contributed by atoms with van der Waals surface area (Å²) in [7, 11) is 0. The number of benzene rings is 3. The first-order chi connectivity index (χ1) is 11.7. The van der Waals surface area contributed by atoms with Gasteiger partial charge in [-0.05, 0) is 22.4 Å². The Hall–Kier alpha value is -3.34. The van der Waals surface area contributed by atoms with Crippen molar-refractivity contribution in [1.29, 1.82) is 0 Å². The van der Waals surface area contributed by atoms with E-state index in [9.17, 15) is 4.79 Å². The molecule has 0 bridgehead atoms. The molecule has 3 rings (SSSR count). The maximum atomic E-state index is 10.8. The molecule has 2 amide bonds. The van der Waals surface area contributed by atoms with Crippen LogP contribution < -0.4 is 15.9 Å². The molecule has 120 valence electrons. The highest BCUT2D eigenvalue weighted by Gasteiger charge is 2.07. The van der Waals surface area contributed by atoms with E-state index >= 15 is 0 Å². The van der Waals surface area contributed by atoms with Crippen LogP contribution >= 0.6 is 0 Å². The number of carbonyl (C=O) groups is 1. The molecule has 0 aliphatic heterocycles. The molecule has 3 N–H and O–H groups in total. The average molecular weight is 319 g/mol. The Balaban J connectivity index is 1.93. The van der Waals surface area contributed by atoms with Crippen LogP contribution in [0.15, 0.2) is 71.8 Å². The first-order valence-electron chi connectivity index (χ1n) is 7.51. The highest BCUT2D eigenvalue weighted by molar-refractivity contribution is 6.02. The van der Waals surface area contributed by atoms with Gasteiger partial charge in [0.05, 0.1) is 6.21 Å². The van der Waals surface area contributed by atoms with Crippen LogP contribution in [0, 0.1) is 0 Å². The molecule has 0 aromatic heterocycles. The second kappa shape index (κ2) is 7.28. The lowest BCUT2D eigenvalue weighted by Crippen LogP contribution is -2.24. The molecule has 3 aromatic carbocycles. The number of urea groups is 1. The predicted molar refractivity (Wildman–Crippen MR) is 95.0 cm³/mol. The van der Waals surface area contributed by atoms with Crippen molar-refractivity contribution in [3.63, 3.8) is 0 Å². The fraction of sp³-hybridized carbons (Fsp3) is 0.0526. The van der Waals surface area contributed by atoms with E-state index in [1.165, 1.54) is 0 Å². The number of hydrogen-bond acceptors (Lipinski definition) is 3. The van der Waals surface area contributed by atoms with Crippen molar-refractivity contribution in [2.45, 2.75) is 6.61 Å². The smallest absolute Gasteiger partial charge is 0.332 e. The summed E-state index contributed by atoms with van der Waals surface area (Å²) >= 11 is 0. The van der Waals surface area contributed by atoms with Gasteiger partial charge in [-0.3, -0.25) is 0 Å². The molecule has 0 aliphatic rings. The van der Waals surface area contributed by atoms with Crippen molar-refractivity contribution in [2.75, 3.05) is 0 Å². The summed E-state index contributed by atoms with van der Waals surface area (Å²) in [5, 5.41) is 5.92. The van der Waals surface area contributed by atoms with Crippen molar-refractivity contribution in [2.24, 2.45) is 10.8 Å². The van der Waals surface area contributed by atoms with E-state index in [0.717, 1.165) is 21.9 Å². The van der Waals surface area contributed by atoms with Crippen LogP contribution in [0.25, 0.3) is 10.8 Å². The summed E-state index contributed by atoms with van der Waals surface area (Å²) in [6, 6.07) is 21.0. The number of amides is 2. The third kappa shape index (κ3) is 3.70. The molecule has 0 unspecified atom stereocenters. The van der Waals surface area contributed by atoms with E-state index in [0.29, 0.717) is 12.4 Å². The first-order valence-corrected chi connectivity index (χ1v) is 7.51. The van der Waals surface area contributed by atoms with E-state index in [4.69, 9.17) is 10.5 Å². The first kappa shape index (κ1) is 15.6. The molecule has 0 saturated carbocycles. The molecule has 0 heterocycles. The van der Waals surface area contributed by atoms with Gasteiger partial charge in [-0.1, -0.05) is 60.7 Å². The second-order valence-electron chi connectivity index (χ2n) is 5.21. The SMILES string of the molecule is NC(=O)N/N=C/c1c(OCc2ccccc2)ccc2ccccc12. The van der Waals surface area contributed by atoms with E-state index in [1.807, 2.05) is 66.7 Å². The lowest BCUT2D eigenvalue weighted by Gasteiger charge is -2.12. The third-order valence-corrected chi connectivity index (χ3v) is 3.54. The van der Waals surface area contributed by atoms with E-state index in [-0.39, 0.29) is 0 Å². The topological polar surface area (TPSA) is 76.7 Å². The molecular formula is C19H17N3O2. The molecule has 3 aromatic rings. The molecule has 5 heteroatoms. The molecule has 0 atom stereocenters. The van der Waals surface area contributed by atoms with Crippen molar-refractivity contribution in [1.82, 2.24) is 5.43 Å². The normalized spacial score (nSPS) is 10.8. The number of nitrogens with two attached hydrogens (primary N) is 1. The Bertz CT molecular complexity index is 876. The zero-order valence-electron chi connectivity index (χ0n) is 13.0. The van der Waals surface area contributed by atoms with Crippen LogP contribution in [0.4, 0.5) is 4.79 Å². The largest absolute Gasteiger partial charge is 0.488 e. The third-order valence-electron chi connectivity index (χ3n) is 3.54. The zero-order valence-corrected chi connectivity index (χ0v) is 13.0. The van der Waals surface area contributed by atoms with Crippen LogP contribution in [0.5, 0.6) is 5.75 Å². The van der Waals surface area contributed by atoms with Gasteiger partial charge < -0.3 is 10.5 Å². The highest BCUT2D eigenvalue weighted by Crippen LogP contribution is 2.27. The maximum Gasteiger partial charge on any atom is 0.332 e. The summed E-state index contributed by atoms with van der Waals surface area (Å²) in [6.07, 6.45) is 1.55. The number of nitrogens with one attached hydrogen (secondary N) is 1. The van der Waals surface area contributed by atoms with Crippen LogP contribution in [0.1, 0.15) is 11.1 Å². The fourth-order valence-electron chi connectivity index (χ4n) is 2.43. The van der Waals surface area contributed by atoms with Crippen molar-refractivity contribution >= 4 is 23.0 Å². The van der Waals surface area contributed by atoms with Crippen LogP contribution in [0.3, 0.4) is 0 Å². The Morgan fingerprint density at radius 1 is 1.04 bits per heavy atom. The Morgan fingerprint density at radius 3 is 2.58 bits per heavy atom. The Morgan fingerprint density at radius 2 is 1.79 bits per heavy atom. The molecule has 0 aliphatic carbocycles. The molecule has 0 radical (unpaired) electrons.